The second-order valence-corrected chi connectivity index (χ2v) is 5.66. The Kier molecular flexibility index (Phi) is 5.57. The second-order valence-electron chi connectivity index (χ2n) is 4.79. The van der Waals surface area contributed by atoms with Crippen LogP contribution in [-0.4, -0.2) is 29.6 Å². The fourth-order valence-electron chi connectivity index (χ4n) is 1.77. The molecule has 0 unspecified atom stereocenters. The zero-order chi connectivity index (χ0) is 17.0. The summed E-state index contributed by atoms with van der Waals surface area (Å²) in [6.07, 6.45) is -0.737. The molecule has 0 saturated heterocycles. The quantitative estimate of drug-likeness (QED) is 0.806. The molecule has 1 aliphatic rings. The summed E-state index contributed by atoms with van der Waals surface area (Å²) in [5, 5.41) is 6.88. The van der Waals surface area contributed by atoms with Crippen molar-refractivity contribution >= 4 is 52.4 Å². The number of hydrazone groups is 1. The molecular formula is C14H13Cl2N3O4. The van der Waals surface area contributed by atoms with E-state index in [9.17, 15) is 14.4 Å². The van der Waals surface area contributed by atoms with Crippen molar-refractivity contribution in [3.8, 4) is 0 Å². The number of benzene rings is 1. The number of carbonyl (C=O) groups excluding carboxylic acids is 3. The third-order valence-electron chi connectivity index (χ3n) is 2.92. The monoisotopic (exact) mass is 357 g/mol. The lowest BCUT2D eigenvalue weighted by Gasteiger charge is -2.16. The molecule has 0 fully saturated rings. The molecule has 23 heavy (non-hydrogen) atoms. The summed E-state index contributed by atoms with van der Waals surface area (Å²) in [6.45, 7) is 1.42. The molecule has 0 bridgehead atoms. The number of hydrogen-bond acceptors (Lipinski definition) is 5. The topological polar surface area (TPSA) is 96.9 Å². The van der Waals surface area contributed by atoms with Gasteiger partial charge in [0.15, 0.2) is 6.10 Å². The fraction of sp³-hybridized carbons (Fsp3) is 0.286. The van der Waals surface area contributed by atoms with Crippen LogP contribution in [-0.2, 0) is 19.1 Å². The molecule has 1 aliphatic heterocycles. The highest BCUT2D eigenvalue weighted by molar-refractivity contribution is 6.37. The first kappa shape index (κ1) is 17.2. The van der Waals surface area contributed by atoms with Crippen LogP contribution in [0, 0.1) is 0 Å². The number of nitrogens with one attached hydrogen (secondary N) is 2. The standard InChI is InChI=1S/C14H13Cl2N3O4/c1-7(23-14(22)11-2-3-12(20)19-18-11)13(21)17-10-5-8(15)4-9(16)6-10/h4-7H,2-3H2,1H3,(H,17,21)(H,19,20)/t7-/m0/s1. The van der Waals surface area contributed by atoms with Gasteiger partial charge in [-0.2, -0.15) is 5.10 Å². The Morgan fingerprint density at radius 3 is 2.48 bits per heavy atom. The van der Waals surface area contributed by atoms with Gasteiger partial charge < -0.3 is 10.1 Å². The van der Waals surface area contributed by atoms with E-state index in [-0.39, 0.29) is 24.5 Å². The molecule has 2 N–H and O–H groups in total. The second kappa shape index (κ2) is 7.43. The Morgan fingerprint density at radius 1 is 1.26 bits per heavy atom. The maximum atomic E-state index is 12.0. The van der Waals surface area contributed by atoms with Gasteiger partial charge in [0.25, 0.3) is 5.91 Å². The molecule has 9 heteroatoms. The minimum absolute atomic E-state index is 0.0649. The van der Waals surface area contributed by atoms with Crippen molar-refractivity contribution in [1.82, 2.24) is 5.43 Å². The van der Waals surface area contributed by atoms with Crippen LogP contribution in [0.5, 0.6) is 0 Å². The molecular weight excluding hydrogens is 345 g/mol. The molecule has 0 aliphatic carbocycles. The van der Waals surface area contributed by atoms with Gasteiger partial charge in [-0.05, 0) is 25.1 Å². The van der Waals surface area contributed by atoms with Crippen LogP contribution in [0.3, 0.4) is 0 Å². The Hall–Kier alpha value is -2.12. The maximum Gasteiger partial charge on any atom is 0.355 e. The Labute approximate surface area is 142 Å². The van der Waals surface area contributed by atoms with Crippen LogP contribution in [0.4, 0.5) is 5.69 Å². The van der Waals surface area contributed by atoms with Gasteiger partial charge in [0, 0.05) is 28.6 Å². The average Bonchev–Trinajstić information content (AvgIpc) is 2.46. The summed E-state index contributed by atoms with van der Waals surface area (Å²) in [7, 11) is 0. The van der Waals surface area contributed by atoms with E-state index in [0.717, 1.165) is 0 Å². The van der Waals surface area contributed by atoms with Gasteiger partial charge in [-0.3, -0.25) is 9.59 Å². The molecule has 1 heterocycles. The van der Waals surface area contributed by atoms with Gasteiger partial charge in [-0.25, -0.2) is 10.2 Å². The van der Waals surface area contributed by atoms with E-state index in [0.29, 0.717) is 15.7 Å². The minimum Gasteiger partial charge on any atom is -0.448 e. The molecule has 1 atom stereocenters. The Morgan fingerprint density at radius 2 is 1.91 bits per heavy atom. The van der Waals surface area contributed by atoms with E-state index < -0.39 is 18.0 Å². The third-order valence-corrected chi connectivity index (χ3v) is 3.36. The summed E-state index contributed by atoms with van der Waals surface area (Å²) >= 11 is 11.7. The van der Waals surface area contributed by atoms with E-state index in [4.69, 9.17) is 27.9 Å². The molecule has 2 rings (SSSR count). The lowest BCUT2D eigenvalue weighted by molar-refractivity contribution is -0.146. The SMILES string of the molecule is C[C@H](OC(=O)C1=NNC(=O)CC1)C(=O)Nc1cc(Cl)cc(Cl)c1. The summed E-state index contributed by atoms with van der Waals surface area (Å²) in [5.41, 5.74) is 2.64. The number of halogens is 2. The van der Waals surface area contributed by atoms with Gasteiger partial charge in [-0.1, -0.05) is 23.2 Å². The first-order chi connectivity index (χ1) is 10.8. The Bertz CT molecular complexity index is 670. The normalized spacial score (nSPS) is 15.3. The van der Waals surface area contributed by atoms with E-state index in [2.05, 4.69) is 15.8 Å². The van der Waals surface area contributed by atoms with Crippen LogP contribution in [0.15, 0.2) is 23.3 Å². The molecule has 0 aromatic heterocycles. The van der Waals surface area contributed by atoms with Gasteiger partial charge in [0.05, 0.1) is 0 Å². The predicted octanol–water partition coefficient (Wildman–Crippen LogP) is 2.13. The number of amides is 2. The van der Waals surface area contributed by atoms with Crippen LogP contribution in [0.1, 0.15) is 19.8 Å². The molecule has 1 aromatic carbocycles. The molecule has 0 spiro atoms. The van der Waals surface area contributed by atoms with Crippen molar-refractivity contribution in [2.75, 3.05) is 5.32 Å². The van der Waals surface area contributed by atoms with E-state index in [1.807, 2.05) is 0 Å². The van der Waals surface area contributed by atoms with Crippen molar-refractivity contribution in [2.24, 2.45) is 5.10 Å². The highest BCUT2D eigenvalue weighted by atomic mass is 35.5. The predicted molar refractivity (Wildman–Crippen MR) is 85.5 cm³/mol. The third kappa shape index (κ3) is 4.94. The van der Waals surface area contributed by atoms with Crippen molar-refractivity contribution in [2.45, 2.75) is 25.9 Å². The number of ether oxygens (including phenoxy) is 1. The summed E-state index contributed by atoms with van der Waals surface area (Å²) in [4.78, 5) is 34.8. The number of esters is 1. The van der Waals surface area contributed by atoms with Crippen molar-refractivity contribution < 1.29 is 19.1 Å². The fourth-order valence-corrected chi connectivity index (χ4v) is 2.30. The Balaban J connectivity index is 1.94. The zero-order valence-electron chi connectivity index (χ0n) is 12.1. The lowest BCUT2D eigenvalue weighted by Crippen LogP contribution is -2.35. The van der Waals surface area contributed by atoms with E-state index >= 15 is 0 Å². The molecule has 2 amide bonds. The van der Waals surface area contributed by atoms with Gasteiger partial charge in [0.1, 0.15) is 5.71 Å². The van der Waals surface area contributed by atoms with Crippen molar-refractivity contribution in [3.63, 3.8) is 0 Å². The van der Waals surface area contributed by atoms with E-state index in [1.54, 1.807) is 0 Å². The number of rotatable bonds is 4. The van der Waals surface area contributed by atoms with E-state index in [1.165, 1.54) is 25.1 Å². The van der Waals surface area contributed by atoms with Crippen LogP contribution < -0.4 is 10.7 Å². The molecule has 7 nitrogen and oxygen atoms in total. The number of nitrogens with zero attached hydrogens (tertiary/aromatic N) is 1. The highest BCUT2D eigenvalue weighted by Crippen LogP contribution is 2.22. The summed E-state index contributed by atoms with van der Waals surface area (Å²) in [5.74, 6) is -1.57. The van der Waals surface area contributed by atoms with Gasteiger partial charge in [0.2, 0.25) is 5.91 Å². The first-order valence-corrected chi connectivity index (χ1v) is 7.44. The molecule has 1 aromatic rings. The lowest BCUT2D eigenvalue weighted by atomic mass is 10.2. The average molecular weight is 358 g/mol. The minimum atomic E-state index is -1.06. The van der Waals surface area contributed by atoms with Crippen molar-refractivity contribution in [3.05, 3.63) is 28.2 Å². The smallest absolute Gasteiger partial charge is 0.355 e. The maximum absolute atomic E-state index is 12.0. The van der Waals surface area contributed by atoms with Gasteiger partial charge in [-0.15, -0.1) is 0 Å². The molecule has 122 valence electrons. The number of hydrogen-bond donors (Lipinski definition) is 2. The number of carbonyl (C=O) groups is 3. The first-order valence-electron chi connectivity index (χ1n) is 6.68. The van der Waals surface area contributed by atoms with Crippen LogP contribution in [0.2, 0.25) is 10.0 Å². The zero-order valence-corrected chi connectivity index (χ0v) is 13.6. The van der Waals surface area contributed by atoms with Crippen LogP contribution in [0.25, 0.3) is 0 Å². The molecule has 0 radical (unpaired) electrons. The molecule has 0 saturated carbocycles. The van der Waals surface area contributed by atoms with Gasteiger partial charge >= 0.3 is 5.97 Å². The van der Waals surface area contributed by atoms with Crippen molar-refractivity contribution in [1.29, 1.82) is 0 Å². The summed E-state index contributed by atoms with van der Waals surface area (Å²) < 4.78 is 5.02. The van der Waals surface area contributed by atoms with Crippen LogP contribution >= 0.6 is 23.2 Å². The highest BCUT2D eigenvalue weighted by Gasteiger charge is 2.24. The largest absolute Gasteiger partial charge is 0.448 e. The summed E-state index contributed by atoms with van der Waals surface area (Å²) in [6, 6.07) is 4.55. The number of anilines is 1.